The number of nitriles is 1. The second kappa shape index (κ2) is 8.13. The van der Waals surface area contributed by atoms with Crippen molar-refractivity contribution in [2.45, 2.75) is 26.1 Å². The molecule has 30 heavy (non-hydrogen) atoms. The quantitative estimate of drug-likeness (QED) is 0.703. The first kappa shape index (κ1) is 19.3. The number of nitrogens with zero attached hydrogens (tertiary/aromatic N) is 2. The molecule has 2 heterocycles. The molecule has 1 aliphatic rings. The molecule has 0 aliphatic carbocycles. The maximum absolute atomic E-state index is 12.8. The van der Waals surface area contributed by atoms with Crippen molar-refractivity contribution in [1.29, 1.82) is 5.26 Å². The maximum Gasteiger partial charge on any atom is 0.269 e. The summed E-state index contributed by atoms with van der Waals surface area (Å²) in [6.07, 6.45) is 0.349. The summed E-state index contributed by atoms with van der Waals surface area (Å²) in [4.78, 5) is 16.9. The van der Waals surface area contributed by atoms with E-state index in [0.29, 0.717) is 28.5 Å². The first-order chi connectivity index (χ1) is 14.5. The van der Waals surface area contributed by atoms with Gasteiger partial charge in [-0.15, -0.1) is 0 Å². The number of nitrogens with one attached hydrogen (secondary N) is 1. The van der Waals surface area contributed by atoms with Crippen LogP contribution in [0.25, 0.3) is 0 Å². The van der Waals surface area contributed by atoms with Gasteiger partial charge in [-0.25, -0.2) is 4.98 Å². The number of amides is 1. The van der Waals surface area contributed by atoms with E-state index in [9.17, 15) is 4.79 Å². The smallest absolute Gasteiger partial charge is 0.269 e. The molecule has 1 aromatic heterocycles. The topological polar surface area (TPSA) is 93.5 Å². The summed E-state index contributed by atoms with van der Waals surface area (Å²) in [5.74, 6) is 1.61. The van der Waals surface area contributed by atoms with E-state index in [4.69, 9.17) is 19.5 Å². The molecule has 0 saturated heterocycles. The van der Waals surface area contributed by atoms with Gasteiger partial charge in [-0.2, -0.15) is 5.26 Å². The Kier molecular flexibility index (Phi) is 5.22. The minimum atomic E-state index is -0.776. The van der Waals surface area contributed by atoms with Crippen LogP contribution in [0.4, 0.5) is 5.69 Å². The van der Waals surface area contributed by atoms with E-state index in [2.05, 4.69) is 10.3 Å². The van der Waals surface area contributed by atoms with Crippen LogP contribution in [0.5, 0.6) is 23.1 Å². The van der Waals surface area contributed by atoms with Gasteiger partial charge in [-0.05, 0) is 61.9 Å². The summed E-state index contributed by atoms with van der Waals surface area (Å²) in [7, 11) is 0. The number of carbonyl (C=O) groups is 1. The van der Waals surface area contributed by atoms with E-state index < -0.39 is 12.2 Å². The van der Waals surface area contributed by atoms with Gasteiger partial charge in [-0.1, -0.05) is 12.1 Å². The average Bonchev–Trinajstić information content (AvgIpc) is 2.75. The van der Waals surface area contributed by atoms with Crippen molar-refractivity contribution in [3.05, 3.63) is 71.9 Å². The Morgan fingerprint density at radius 2 is 1.90 bits per heavy atom. The van der Waals surface area contributed by atoms with Gasteiger partial charge in [0.15, 0.2) is 11.5 Å². The molecule has 7 nitrogen and oxygen atoms in total. The van der Waals surface area contributed by atoms with Gasteiger partial charge in [0.1, 0.15) is 23.5 Å². The molecule has 2 atom stereocenters. The van der Waals surface area contributed by atoms with Gasteiger partial charge in [-0.3, -0.25) is 4.79 Å². The Labute approximate surface area is 173 Å². The molecule has 150 valence electrons. The van der Waals surface area contributed by atoms with E-state index in [1.54, 1.807) is 49.5 Å². The van der Waals surface area contributed by atoms with E-state index >= 15 is 0 Å². The molecule has 0 spiro atoms. The molecule has 0 unspecified atom stereocenters. The SMILES string of the molecule is Cc1cc(Oc2ncccc2C#N)ccc1NC(=O)[C@H]1Oc2ccccc2O[C@@H]1C. The number of benzene rings is 2. The number of fused-ring (bicyclic) bond motifs is 1. The number of hydrogen-bond donors (Lipinski definition) is 1. The van der Waals surface area contributed by atoms with Crippen LogP contribution < -0.4 is 19.5 Å². The fourth-order valence-electron chi connectivity index (χ4n) is 3.12. The molecule has 0 fully saturated rings. The zero-order chi connectivity index (χ0) is 21.1. The van der Waals surface area contributed by atoms with Crippen LogP contribution in [0.1, 0.15) is 18.1 Å². The number of aryl methyl sites for hydroxylation is 1. The lowest BCUT2D eigenvalue weighted by molar-refractivity contribution is -0.128. The van der Waals surface area contributed by atoms with Crippen molar-refractivity contribution in [3.8, 4) is 29.2 Å². The predicted octanol–water partition coefficient (Wildman–Crippen LogP) is 4.22. The third-order valence-corrected chi connectivity index (χ3v) is 4.66. The van der Waals surface area contributed by atoms with Gasteiger partial charge in [0, 0.05) is 11.9 Å². The summed E-state index contributed by atoms with van der Waals surface area (Å²) in [6, 6.07) is 17.8. The minimum absolute atomic E-state index is 0.233. The molecule has 0 radical (unpaired) electrons. The molecule has 1 N–H and O–H groups in total. The lowest BCUT2D eigenvalue weighted by Crippen LogP contribution is -2.46. The molecular weight excluding hydrogens is 382 g/mol. The largest absolute Gasteiger partial charge is 0.482 e. The third-order valence-electron chi connectivity index (χ3n) is 4.66. The van der Waals surface area contributed by atoms with Crippen LogP contribution in [-0.2, 0) is 4.79 Å². The summed E-state index contributed by atoms with van der Waals surface area (Å²) >= 11 is 0. The fourth-order valence-corrected chi connectivity index (χ4v) is 3.12. The van der Waals surface area contributed by atoms with Gasteiger partial charge < -0.3 is 19.5 Å². The van der Waals surface area contributed by atoms with Crippen molar-refractivity contribution in [3.63, 3.8) is 0 Å². The number of hydrogen-bond acceptors (Lipinski definition) is 6. The normalized spacial score (nSPS) is 17.0. The molecule has 0 bridgehead atoms. The molecule has 2 aromatic carbocycles. The zero-order valence-electron chi connectivity index (χ0n) is 16.5. The van der Waals surface area contributed by atoms with Crippen molar-refractivity contribution < 1.29 is 19.0 Å². The monoisotopic (exact) mass is 401 g/mol. The number of pyridine rings is 1. The number of para-hydroxylation sites is 2. The lowest BCUT2D eigenvalue weighted by atomic mass is 10.1. The summed E-state index contributed by atoms with van der Waals surface area (Å²) in [6.45, 7) is 3.65. The molecule has 1 aliphatic heterocycles. The standard InChI is InChI=1S/C23H19N3O4/c1-14-12-17(29-23-16(13-24)6-5-11-25-23)9-10-18(14)26-22(27)21-15(2)28-19-7-3-4-8-20(19)30-21/h3-12,15,21H,1-2H3,(H,26,27)/t15-,21+/m1/s1. The van der Waals surface area contributed by atoms with E-state index in [1.807, 2.05) is 31.2 Å². The lowest BCUT2D eigenvalue weighted by Gasteiger charge is -2.31. The zero-order valence-corrected chi connectivity index (χ0v) is 16.5. The molecule has 0 saturated carbocycles. The highest BCUT2D eigenvalue weighted by Gasteiger charge is 2.34. The highest BCUT2D eigenvalue weighted by molar-refractivity contribution is 5.95. The average molecular weight is 401 g/mol. The highest BCUT2D eigenvalue weighted by Crippen LogP contribution is 2.34. The third kappa shape index (κ3) is 3.89. The number of carbonyl (C=O) groups excluding carboxylic acids is 1. The molecule has 3 aromatic rings. The molecule has 4 rings (SSSR count). The minimum Gasteiger partial charge on any atom is -0.482 e. The van der Waals surface area contributed by atoms with Crippen molar-refractivity contribution >= 4 is 11.6 Å². The Bertz CT molecular complexity index is 1140. The molecule has 7 heteroatoms. The van der Waals surface area contributed by atoms with Crippen molar-refractivity contribution in [1.82, 2.24) is 4.98 Å². The fraction of sp³-hybridized carbons (Fsp3) is 0.174. The predicted molar refractivity (Wildman–Crippen MR) is 110 cm³/mol. The Hall–Kier alpha value is -4.05. The molecular formula is C23H19N3O4. The van der Waals surface area contributed by atoms with Crippen LogP contribution >= 0.6 is 0 Å². The van der Waals surface area contributed by atoms with Gasteiger partial charge in [0.25, 0.3) is 5.91 Å². The van der Waals surface area contributed by atoms with E-state index in [1.165, 1.54) is 0 Å². The first-order valence-corrected chi connectivity index (χ1v) is 9.42. The van der Waals surface area contributed by atoms with Crippen molar-refractivity contribution in [2.75, 3.05) is 5.32 Å². The van der Waals surface area contributed by atoms with E-state index in [-0.39, 0.29) is 11.8 Å². The summed E-state index contributed by atoms with van der Waals surface area (Å²) < 4.78 is 17.4. The Balaban J connectivity index is 1.48. The van der Waals surface area contributed by atoms with Crippen LogP contribution in [0.2, 0.25) is 0 Å². The Morgan fingerprint density at radius 1 is 1.13 bits per heavy atom. The second-order valence-electron chi connectivity index (χ2n) is 6.84. The number of rotatable bonds is 4. The van der Waals surface area contributed by atoms with Gasteiger partial charge >= 0.3 is 0 Å². The van der Waals surface area contributed by atoms with E-state index in [0.717, 1.165) is 5.56 Å². The number of aromatic nitrogens is 1. The first-order valence-electron chi connectivity index (χ1n) is 9.42. The molecule has 1 amide bonds. The second-order valence-corrected chi connectivity index (χ2v) is 6.84. The number of anilines is 1. The van der Waals surface area contributed by atoms with Gasteiger partial charge in [0.05, 0.1) is 0 Å². The van der Waals surface area contributed by atoms with Crippen LogP contribution in [0.3, 0.4) is 0 Å². The Morgan fingerprint density at radius 3 is 2.63 bits per heavy atom. The van der Waals surface area contributed by atoms with Crippen LogP contribution in [0.15, 0.2) is 60.8 Å². The number of ether oxygens (including phenoxy) is 3. The van der Waals surface area contributed by atoms with Crippen molar-refractivity contribution in [2.24, 2.45) is 0 Å². The summed E-state index contributed by atoms with van der Waals surface area (Å²) in [5, 5.41) is 12.0. The van der Waals surface area contributed by atoms with Crippen LogP contribution in [-0.4, -0.2) is 23.1 Å². The maximum atomic E-state index is 12.8. The summed E-state index contributed by atoms with van der Waals surface area (Å²) in [5.41, 5.74) is 1.76. The highest BCUT2D eigenvalue weighted by atomic mass is 16.6. The van der Waals surface area contributed by atoms with Crippen LogP contribution in [0, 0.1) is 18.3 Å². The van der Waals surface area contributed by atoms with Gasteiger partial charge in [0.2, 0.25) is 12.0 Å².